The van der Waals surface area contributed by atoms with E-state index in [1.807, 2.05) is 0 Å². The maximum Gasteiger partial charge on any atom is 0.338 e. The van der Waals surface area contributed by atoms with Gasteiger partial charge in [-0.1, -0.05) is 59.6 Å². The fourth-order valence-corrected chi connectivity index (χ4v) is 7.02. The molecule has 6 heteroatoms. The Morgan fingerprint density at radius 1 is 0.667 bits per heavy atom. The van der Waals surface area contributed by atoms with Crippen LogP contribution in [0.15, 0.2) is 72.8 Å². The summed E-state index contributed by atoms with van der Waals surface area (Å²) in [6.45, 7) is 0. The van der Waals surface area contributed by atoms with E-state index in [0.29, 0.717) is 33.0 Å². The van der Waals surface area contributed by atoms with Crippen molar-refractivity contribution in [3.63, 3.8) is 0 Å². The summed E-state index contributed by atoms with van der Waals surface area (Å²) >= 11 is 12.2. The van der Waals surface area contributed by atoms with Crippen molar-refractivity contribution in [3.05, 3.63) is 105 Å². The van der Waals surface area contributed by atoms with Crippen LogP contribution in [0.3, 0.4) is 0 Å². The van der Waals surface area contributed by atoms with E-state index < -0.39 is 24.1 Å². The van der Waals surface area contributed by atoms with Crippen molar-refractivity contribution in [2.24, 2.45) is 17.8 Å². The lowest BCUT2D eigenvalue weighted by Crippen LogP contribution is -2.39. The standard InChI is InChI=1S/C30H26Cl2O4/c31-23-8-3-6-18(14-23)29(33)35-27-21-12-20-11-17-5-1-2-10-25(17)26(20)16-22(13-21)28(27)36-30(34)19-7-4-9-24(32)15-19/h1-10,14-15,20-22,26-28H,11-13,16H2/t20?,21?,22?,26?,27-,28+/m1/s1. The second-order valence-electron chi connectivity index (χ2n) is 10.3. The number of carbonyl (C=O) groups excluding carboxylic acids is 2. The number of benzene rings is 3. The van der Waals surface area contributed by atoms with Crippen molar-refractivity contribution < 1.29 is 19.1 Å². The average Bonchev–Trinajstić information content (AvgIpc) is 3.29. The smallest absolute Gasteiger partial charge is 0.338 e. The summed E-state index contributed by atoms with van der Waals surface area (Å²) in [6.07, 6.45) is 2.75. The fraction of sp³-hybridized carbons (Fsp3) is 0.333. The van der Waals surface area contributed by atoms with Crippen LogP contribution in [0.4, 0.5) is 0 Å². The Morgan fingerprint density at radius 2 is 1.22 bits per heavy atom. The lowest BCUT2D eigenvalue weighted by atomic mass is 9.80. The van der Waals surface area contributed by atoms with Gasteiger partial charge in [0.25, 0.3) is 0 Å². The summed E-state index contributed by atoms with van der Waals surface area (Å²) in [7, 11) is 0. The zero-order valence-electron chi connectivity index (χ0n) is 19.6. The lowest BCUT2D eigenvalue weighted by molar-refractivity contribution is -0.0518. The molecule has 6 rings (SSSR count). The molecule has 184 valence electrons. The second kappa shape index (κ2) is 9.57. The quantitative estimate of drug-likeness (QED) is 0.343. The van der Waals surface area contributed by atoms with Crippen molar-refractivity contribution in [1.82, 2.24) is 0 Å². The van der Waals surface area contributed by atoms with Crippen molar-refractivity contribution in [3.8, 4) is 0 Å². The molecule has 2 fully saturated rings. The van der Waals surface area contributed by atoms with E-state index in [1.165, 1.54) is 11.1 Å². The summed E-state index contributed by atoms with van der Waals surface area (Å²) in [4.78, 5) is 26.3. The van der Waals surface area contributed by atoms with Crippen LogP contribution >= 0.6 is 23.2 Å². The summed E-state index contributed by atoms with van der Waals surface area (Å²) in [5.41, 5.74) is 3.62. The molecule has 4 nitrogen and oxygen atoms in total. The number of halogens is 2. The SMILES string of the molecule is O=C(O[C@@H]1C2CC3Cc4ccccc4C3CC(C2)[C@@H]1OC(=O)c1cccc(Cl)c1)c1cccc(Cl)c1. The van der Waals surface area contributed by atoms with Crippen molar-refractivity contribution in [1.29, 1.82) is 0 Å². The molecule has 0 radical (unpaired) electrons. The summed E-state index contributed by atoms with van der Waals surface area (Å²) in [6, 6.07) is 22.2. The molecular formula is C30H26Cl2O4. The van der Waals surface area contributed by atoms with Crippen LogP contribution in [-0.2, 0) is 15.9 Å². The van der Waals surface area contributed by atoms with E-state index in [9.17, 15) is 9.59 Å². The number of rotatable bonds is 4. The van der Waals surface area contributed by atoms with Crippen molar-refractivity contribution in [2.75, 3.05) is 0 Å². The van der Waals surface area contributed by atoms with E-state index in [1.54, 1.807) is 48.5 Å². The Hall–Kier alpha value is -2.82. The zero-order chi connectivity index (χ0) is 24.8. The molecule has 6 atom stereocenters. The molecule has 0 spiro atoms. The molecule has 0 saturated heterocycles. The van der Waals surface area contributed by atoms with E-state index in [2.05, 4.69) is 24.3 Å². The Bertz CT molecular complexity index is 1320. The predicted molar refractivity (Wildman–Crippen MR) is 139 cm³/mol. The number of carbonyl (C=O) groups is 2. The van der Waals surface area contributed by atoms with Gasteiger partial charge in [0.15, 0.2) is 0 Å². The van der Waals surface area contributed by atoms with Gasteiger partial charge in [-0.3, -0.25) is 0 Å². The Balaban J connectivity index is 1.30. The number of hydrogen-bond acceptors (Lipinski definition) is 4. The van der Waals surface area contributed by atoms with Gasteiger partial charge in [-0.2, -0.15) is 0 Å². The Kier molecular flexibility index (Phi) is 6.27. The van der Waals surface area contributed by atoms with Gasteiger partial charge in [0, 0.05) is 21.9 Å². The van der Waals surface area contributed by atoms with Gasteiger partial charge in [-0.05, 0) is 85.0 Å². The molecule has 3 aliphatic carbocycles. The largest absolute Gasteiger partial charge is 0.455 e. The van der Waals surface area contributed by atoms with Gasteiger partial charge in [0.2, 0.25) is 0 Å². The molecule has 0 N–H and O–H groups in total. The summed E-state index contributed by atoms with van der Waals surface area (Å²) in [5.74, 6) is 0.295. The molecule has 4 unspecified atom stereocenters. The number of hydrogen-bond donors (Lipinski definition) is 0. The first-order valence-corrected chi connectivity index (χ1v) is 13.2. The van der Waals surface area contributed by atoms with Crippen LogP contribution < -0.4 is 0 Å². The molecule has 3 aromatic rings. The third-order valence-corrected chi connectivity index (χ3v) is 8.60. The van der Waals surface area contributed by atoms with Crippen LogP contribution in [0.2, 0.25) is 10.0 Å². The molecule has 0 heterocycles. The minimum atomic E-state index is -0.515. The van der Waals surface area contributed by atoms with E-state index >= 15 is 0 Å². The third kappa shape index (κ3) is 4.42. The molecule has 2 bridgehead atoms. The van der Waals surface area contributed by atoms with Crippen LogP contribution in [0.25, 0.3) is 0 Å². The van der Waals surface area contributed by atoms with E-state index in [-0.39, 0.29) is 11.8 Å². The first kappa shape index (κ1) is 23.6. The van der Waals surface area contributed by atoms with Crippen LogP contribution in [0.1, 0.15) is 57.0 Å². The summed E-state index contributed by atoms with van der Waals surface area (Å²) < 4.78 is 12.3. The molecule has 0 amide bonds. The van der Waals surface area contributed by atoms with E-state index in [4.69, 9.17) is 32.7 Å². The van der Waals surface area contributed by atoms with E-state index in [0.717, 1.165) is 25.7 Å². The van der Waals surface area contributed by atoms with Crippen molar-refractivity contribution in [2.45, 2.75) is 43.8 Å². The monoisotopic (exact) mass is 520 g/mol. The normalized spacial score (nSPS) is 28.1. The molecule has 0 aliphatic heterocycles. The highest BCUT2D eigenvalue weighted by molar-refractivity contribution is 6.31. The molecular weight excluding hydrogens is 495 g/mol. The predicted octanol–water partition coefficient (Wildman–Crippen LogP) is 7.13. The molecule has 0 aromatic heterocycles. The Labute approximate surface area is 220 Å². The number of esters is 2. The highest BCUT2D eigenvalue weighted by Crippen LogP contribution is 2.54. The fourth-order valence-electron chi connectivity index (χ4n) is 6.64. The van der Waals surface area contributed by atoms with Gasteiger partial charge >= 0.3 is 11.9 Å². The highest BCUT2D eigenvalue weighted by Gasteiger charge is 2.53. The Morgan fingerprint density at radius 3 is 1.83 bits per heavy atom. The maximum absolute atomic E-state index is 13.2. The van der Waals surface area contributed by atoms with Crippen molar-refractivity contribution >= 4 is 35.1 Å². The zero-order valence-corrected chi connectivity index (χ0v) is 21.1. The first-order valence-electron chi connectivity index (χ1n) is 12.5. The van der Waals surface area contributed by atoms with Gasteiger partial charge in [-0.15, -0.1) is 0 Å². The van der Waals surface area contributed by atoms with Gasteiger partial charge in [0.1, 0.15) is 12.2 Å². The first-order chi connectivity index (χ1) is 17.5. The average molecular weight is 521 g/mol. The van der Waals surface area contributed by atoms with Gasteiger partial charge < -0.3 is 9.47 Å². The lowest BCUT2D eigenvalue weighted by Gasteiger charge is -2.33. The molecule has 3 aromatic carbocycles. The van der Waals surface area contributed by atoms with Gasteiger partial charge in [-0.25, -0.2) is 9.59 Å². The molecule has 3 aliphatic rings. The highest BCUT2D eigenvalue weighted by atomic mass is 35.5. The van der Waals surface area contributed by atoms with Crippen LogP contribution in [-0.4, -0.2) is 24.1 Å². The number of ether oxygens (including phenoxy) is 2. The minimum absolute atomic E-state index is 0.108. The van der Waals surface area contributed by atoms with Crippen LogP contribution in [0, 0.1) is 17.8 Å². The molecule has 36 heavy (non-hydrogen) atoms. The maximum atomic E-state index is 13.2. The molecule has 2 saturated carbocycles. The summed E-state index contributed by atoms with van der Waals surface area (Å²) in [5, 5.41) is 0.947. The third-order valence-electron chi connectivity index (χ3n) is 8.13. The van der Waals surface area contributed by atoms with Gasteiger partial charge in [0.05, 0.1) is 11.1 Å². The second-order valence-corrected chi connectivity index (χ2v) is 11.1. The minimum Gasteiger partial charge on any atom is -0.455 e. The van der Waals surface area contributed by atoms with Crippen LogP contribution in [0.5, 0.6) is 0 Å². The topological polar surface area (TPSA) is 52.6 Å². The number of fused-ring (bicyclic) bond motifs is 5.